The van der Waals surface area contributed by atoms with E-state index >= 15 is 0 Å². The summed E-state index contributed by atoms with van der Waals surface area (Å²) in [4.78, 5) is 0. The van der Waals surface area contributed by atoms with E-state index in [0.717, 1.165) is 41.7 Å². The first-order chi connectivity index (χ1) is 14.6. The summed E-state index contributed by atoms with van der Waals surface area (Å²) in [5.41, 5.74) is 1.88. The molecule has 0 nitrogen and oxygen atoms in total. The maximum atomic E-state index is 14.9. The van der Waals surface area contributed by atoms with Crippen molar-refractivity contribution in [1.29, 1.82) is 0 Å². The fourth-order valence-corrected chi connectivity index (χ4v) is 6.35. The van der Waals surface area contributed by atoms with Crippen molar-refractivity contribution in [2.45, 2.75) is 110 Å². The van der Waals surface area contributed by atoms with Gasteiger partial charge in [0.1, 0.15) is 5.82 Å². The number of hydrogen-bond acceptors (Lipinski definition) is 0. The van der Waals surface area contributed by atoms with Gasteiger partial charge in [-0.25, -0.2) is 4.39 Å². The third-order valence-electron chi connectivity index (χ3n) is 7.90. The SMILES string of the molecule is C/C=C/C1CCC(C2CCC(c3ccc(CCCCCCC)c(F)c3Cl)CC2)CC1. The lowest BCUT2D eigenvalue weighted by Crippen LogP contribution is -2.25. The van der Waals surface area contributed by atoms with E-state index < -0.39 is 0 Å². The first kappa shape index (κ1) is 23.8. The Morgan fingerprint density at radius 3 is 2.17 bits per heavy atom. The van der Waals surface area contributed by atoms with E-state index in [1.54, 1.807) is 0 Å². The molecule has 0 N–H and O–H groups in total. The number of halogens is 2. The van der Waals surface area contributed by atoms with Crippen molar-refractivity contribution in [3.05, 3.63) is 46.3 Å². The van der Waals surface area contributed by atoms with E-state index in [1.807, 2.05) is 6.07 Å². The lowest BCUT2D eigenvalue weighted by molar-refractivity contribution is 0.171. The lowest BCUT2D eigenvalue weighted by atomic mass is 9.68. The molecule has 2 fully saturated rings. The molecule has 0 heterocycles. The summed E-state index contributed by atoms with van der Waals surface area (Å²) in [6, 6.07) is 4.16. The van der Waals surface area contributed by atoms with Gasteiger partial charge in [-0.05, 0) is 106 Å². The molecule has 2 heteroatoms. The third-order valence-corrected chi connectivity index (χ3v) is 8.29. The van der Waals surface area contributed by atoms with Gasteiger partial charge in [-0.2, -0.15) is 0 Å². The molecule has 0 saturated heterocycles. The molecule has 0 radical (unpaired) electrons. The second-order valence-electron chi connectivity index (χ2n) is 9.92. The Balaban J connectivity index is 1.50. The Morgan fingerprint density at radius 1 is 0.900 bits per heavy atom. The normalized spacial score (nSPS) is 27.6. The van der Waals surface area contributed by atoms with Gasteiger partial charge in [0.2, 0.25) is 0 Å². The van der Waals surface area contributed by atoms with Crippen LogP contribution in [0.3, 0.4) is 0 Å². The Morgan fingerprint density at radius 2 is 1.53 bits per heavy atom. The number of rotatable bonds is 9. The van der Waals surface area contributed by atoms with Crippen LogP contribution in [-0.4, -0.2) is 0 Å². The van der Waals surface area contributed by atoms with Crippen molar-refractivity contribution in [2.75, 3.05) is 0 Å². The van der Waals surface area contributed by atoms with Gasteiger partial charge >= 0.3 is 0 Å². The van der Waals surface area contributed by atoms with Crippen LogP contribution in [0.15, 0.2) is 24.3 Å². The molecule has 1 aromatic carbocycles. The van der Waals surface area contributed by atoms with Crippen molar-refractivity contribution >= 4 is 11.6 Å². The van der Waals surface area contributed by atoms with Gasteiger partial charge in [-0.1, -0.05) is 68.5 Å². The Bertz CT molecular complexity index is 663. The van der Waals surface area contributed by atoms with Crippen molar-refractivity contribution in [2.24, 2.45) is 17.8 Å². The van der Waals surface area contributed by atoms with Crippen LogP contribution >= 0.6 is 11.6 Å². The Hall–Kier alpha value is -0.820. The molecule has 0 unspecified atom stereocenters. The summed E-state index contributed by atoms with van der Waals surface area (Å²) in [7, 11) is 0. The summed E-state index contributed by atoms with van der Waals surface area (Å²) in [6.07, 6.45) is 21.9. The average Bonchev–Trinajstić information content (AvgIpc) is 2.77. The molecule has 1 aromatic rings. The van der Waals surface area contributed by atoms with Gasteiger partial charge in [0, 0.05) is 0 Å². The molecule has 0 aliphatic heterocycles. The van der Waals surface area contributed by atoms with Crippen LogP contribution in [0.4, 0.5) is 4.39 Å². The van der Waals surface area contributed by atoms with Crippen molar-refractivity contribution < 1.29 is 4.39 Å². The molecule has 2 aliphatic rings. The fourth-order valence-electron chi connectivity index (χ4n) is 6.01. The van der Waals surface area contributed by atoms with Gasteiger partial charge in [0.05, 0.1) is 5.02 Å². The van der Waals surface area contributed by atoms with E-state index in [2.05, 4.69) is 32.1 Å². The minimum atomic E-state index is -0.144. The van der Waals surface area contributed by atoms with Gasteiger partial charge in [-0.3, -0.25) is 0 Å². The van der Waals surface area contributed by atoms with Crippen molar-refractivity contribution in [3.63, 3.8) is 0 Å². The first-order valence-electron chi connectivity index (χ1n) is 12.7. The summed E-state index contributed by atoms with van der Waals surface area (Å²) >= 11 is 6.54. The zero-order valence-electron chi connectivity index (χ0n) is 19.3. The molecular formula is C28H42ClF. The zero-order valence-corrected chi connectivity index (χ0v) is 20.0. The summed E-state index contributed by atoms with van der Waals surface area (Å²) in [5.74, 6) is 2.90. The van der Waals surface area contributed by atoms with Crippen LogP contribution in [0.25, 0.3) is 0 Å². The minimum Gasteiger partial charge on any atom is -0.205 e. The van der Waals surface area contributed by atoms with Crippen molar-refractivity contribution in [3.8, 4) is 0 Å². The molecule has 30 heavy (non-hydrogen) atoms. The fraction of sp³-hybridized carbons (Fsp3) is 0.714. The molecule has 168 valence electrons. The van der Waals surface area contributed by atoms with E-state index in [0.29, 0.717) is 10.9 Å². The predicted molar refractivity (Wildman–Crippen MR) is 129 cm³/mol. The Kier molecular flexibility index (Phi) is 9.75. The highest BCUT2D eigenvalue weighted by Crippen LogP contribution is 2.45. The first-order valence-corrected chi connectivity index (χ1v) is 13.1. The lowest BCUT2D eigenvalue weighted by Gasteiger charge is -2.37. The molecule has 0 amide bonds. The summed E-state index contributed by atoms with van der Waals surface area (Å²) in [5, 5.41) is 0.413. The second kappa shape index (κ2) is 12.3. The number of allylic oxidation sites excluding steroid dienone is 2. The quantitative estimate of drug-likeness (QED) is 0.269. The number of aryl methyl sites for hydroxylation is 1. The van der Waals surface area contributed by atoms with Crippen LogP contribution < -0.4 is 0 Å². The van der Waals surface area contributed by atoms with E-state index in [4.69, 9.17) is 11.6 Å². The van der Waals surface area contributed by atoms with Gasteiger partial charge in [0.25, 0.3) is 0 Å². The maximum Gasteiger partial charge on any atom is 0.145 e. The largest absolute Gasteiger partial charge is 0.205 e. The minimum absolute atomic E-state index is 0.144. The smallest absolute Gasteiger partial charge is 0.145 e. The monoisotopic (exact) mass is 432 g/mol. The second-order valence-corrected chi connectivity index (χ2v) is 10.3. The molecule has 0 spiro atoms. The molecular weight excluding hydrogens is 391 g/mol. The standard InChI is InChI=1S/C28H42ClF/c1-3-5-6-7-8-10-25-19-20-26(27(29)28(25)30)24-17-15-23(16-18-24)22-13-11-21(9-4-2)12-14-22/h4,9,19-24H,3,5-8,10-18H2,1-2H3/b9-4+. The summed E-state index contributed by atoms with van der Waals surface area (Å²) in [6.45, 7) is 4.36. The molecule has 0 atom stereocenters. The van der Waals surface area contributed by atoms with E-state index in [-0.39, 0.29) is 5.82 Å². The average molecular weight is 433 g/mol. The highest BCUT2D eigenvalue weighted by Gasteiger charge is 2.31. The molecule has 2 saturated carbocycles. The third kappa shape index (κ3) is 6.35. The van der Waals surface area contributed by atoms with Crippen LogP contribution in [0.5, 0.6) is 0 Å². The molecule has 0 aromatic heterocycles. The topological polar surface area (TPSA) is 0 Å². The van der Waals surface area contributed by atoms with Crippen LogP contribution in [0.2, 0.25) is 5.02 Å². The Labute approximate surface area is 189 Å². The molecule has 2 aliphatic carbocycles. The maximum absolute atomic E-state index is 14.9. The number of hydrogen-bond donors (Lipinski definition) is 0. The van der Waals surface area contributed by atoms with Crippen molar-refractivity contribution in [1.82, 2.24) is 0 Å². The highest BCUT2D eigenvalue weighted by molar-refractivity contribution is 6.31. The van der Waals surface area contributed by atoms with E-state index in [9.17, 15) is 4.39 Å². The van der Waals surface area contributed by atoms with Crippen LogP contribution in [-0.2, 0) is 6.42 Å². The summed E-state index contributed by atoms with van der Waals surface area (Å²) < 4.78 is 14.9. The molecule has 3 rings (SSSR count). The van der Waals surface area contributed by atoms with Gasteiger partial charge in [-0.15, -0.1) is 0 Å². The van der Waals surface area contributed by atoms with Gasteiger partial charge in [0.15, 0.2) is 0 Å². The highest BCUT2D eigenvalue weighted by atomic mass is 35.5. The number of unbranched alkanes of at least 4 members (excludes halogenated alkanes) is 4. The predicted octanol–water partition coefficient (Wildman–Crippen LogP) is 9.65. The van der Waals surface area contributed by atoms with Crippen LogP contribution in [0, 0.1) is 23.6 Å². The number of benzene rings is 1. The van der Waals surface area contributed by atoms with Gasteiger partial charge < -0.3 is 0 Å². The zero-order chi connectivity index (χ0) is 21.3. The van der Waals surface area contributed by atoms with E-state index in [1.165, 1.54) is 77.0 Å². The van der Waals surface area contributed by atoms with Crippen LogP contribution in [0.1, 0.15) is 114 Å². The molecule has 0 bridgehead atoms.